The predicted octanol–water partition coefficient (Wildman–Crippen LogP) is 1.83. The van der Waals surface area contributed by atoms with Crippen molar-refractivity contribution in [3.63, 3.8) is 0 Å². The maximum Gasteiger partial charge on any atom is 0.254 e. The Morgan fingerprint density at radius 2 is 2.18 bits per heavy atom. The van der Waals surface area contributed by atoms with Crippen molar-refractivity contribution in [1.82, 2.24) is 4.90 Å². The standard InChI is InChI=1S/C12H15ClN2O2/c13-10-5-3-9(4-6-10)12(16)15-7-1-2-11(15)8-17-14/h3-6,11H,1-2,7-8,14H2. The Bertz CT molecular complexity index is 394. The second-order valence-corrected chi connectivity index (χ2v) is 4.57. The van der Waals surface area contributed by atoms with Crippen LogP contribution in [-0.2, 0) is 4.84 Å². The Kier molecular flexibility index (Phi) is 3.99. The normalized spacial score (nSPS) is 19.6. The molecule has 1 amide bonds. The van der Waals surface area contributed by atoms with Crippen molar-refractivity contribution in [2.45, 2.75) is 18.9 Å². The van der Waals surface area contributed by atoms with E-state index in [9.17, 15) is 4.79 Å². The maximum atomic E-state index is 12.2. The third-order valence-electron chi connectivity index (χ3n) is 3.02. The van der Waals surface area contributed by atoms with Gasteiger partial charge in [0.05, 0.1) is 12.6 Å². The highest BCUT2D eigenvalue weighted by atomic mass is 35.5. The minimum atomic E-state index is 0.0150. The number of carbonyl (C=O) groups excluding carboxylic acids is 1. The highest BCUT2D eigenvalue weighted by molar-refractivity contribution is 6.30. The van der Waals surface area contributed by atoms with Gasteiger partial charge in [0.1, 0.15) is 0 Å². The van der Waals surface area contributed by atoms with E-state index in [1.165, 1.54) is 0 Å². The second kappa shape index (κ2) is 5.49. The maximum absolute atomic E-state index is 12.2. The summed E-state index contributed by atoms with van der Waals surface area (Å²) in [5.41, 5.74) is 0.651. The molecule has 0 aliphatic carbocycles. The molecule has 1 aliphatic heterocycles. The summed E-state index contributed by atoms with van der Waals surface area (Å²) in [5.74, 6) is 5.09. The summed E-state index contributed by atoms with van der Waals surface area (Å²) in [5, 5.41) is 0.629. The molecule has 0 spiro atoms. The SMILES string of the molecule is NOCC1CCCN1C(=O)c1ccc(Cl)cc1. The van der Waals surface area contributed by atoms with Crippen molar-refractivity contribution in [1.29, 1.82) is 0 Å². The first-order chi connectivity index (χ1) is 8.22. The predicted molar refractivity (Wildman–Crippen MR) is 65.6 cm³/mol. The van der Waals surface area contributed by atoms with Crippen LogP contribution in [0.25, 0.3) is 0 Å². The van der Waals surface area contributed by atoms with E-state index in [1.807, 2.05) is 4.90 Å². The van der Waals surface area contributed by atoms with Gasteiger partial charge in [-0.2, -0.15) is 0 Å². The fourth-order valence-corrected chi connectivity index (χ4v) is 2.27. The molecule has 0 radical (unpaired) electrons. The van der Waals surface area contributed by atoms with Crippen LogP contribution in [0.5, 0.6) is 0 Å². The molecule has 2 N–H and O–H groups in total. The fraction of sp³-hybridized carbons (Fsp3) is 0.417. The first-order valence-corrected chi connectivity index (χ1v) is 5.98. The van der Waals surface area contributed by atoms with Crippen LogP contribution in [0.15, 0.2) is 24.3 Å². The highest BCUT2D eigenvalue weighted by Crippen LogP contribution is 2.20. The average molecular weight is 255 g/mol. The zero-order chi connectivity index (χ0) is 12.3. The van der Waals surface area contributed by atoms with E-state index in [0.29, 0.717) is 17.2 Å². The molecule has 0 saturated carbocycles. The molecule has 5 heteroatoms. The summed E-state index contributed by atoms with van der Waals surface area (Å²) in [7, 11) is 0. The van der Waals surface area contributed by atoms with Crippen molar-refractivity contribution in [3.8, 4) is 0 Å². The molecule has 1 saturated heterocycles. The van der Waals surface area contributed by atoms with Crippen molar-refractivity contribution >= 4 is 17.5 Å². The van der Waals surface area contributed by atoms with Crippen LogP contribution in [0, 0.1) is 0 Å². The third kappa shape index (κ3) is 2.77. The van der Waals surface area contributed by atoms with E-state index >= 15 is 0 Å². The summed E-state index contributed by atoms with van der Waals surface area (Å²) in [6.07, 6.45) is 1.93. The lowest BCUT2D eigenvalue weighted by molar-refractivity contribution is 0.0540. The summed E-state index contributed by atoms with van der Waals surface area (Å²) in [4.78, 5) is 18.7. The number of benzene rings is 1. The first kappa shape index (κ1) is 12.4. The summed E-state index contributed by atoms with van der Waals surface area (Å²) >= 11 is 5.79. The lowest BCUT2D eigenvalue weighted by Crippen LogP contribution is -2.38. The van der Waals surface area contributed by atoms with E-state index < -0.39 is 0 Å². The van der Waals surface area contributed by atoms with Gasteiger partial charge in [-0.15, -0.1) is 0 Å². The Labute approximate surface area is 105 Å². The van der Waals surface area contributed by atoms with Crippen LogP contribution in [0.3, 0.4) is 0 Å². The lowest BCUT2D eigenvalue weighted by Gasteiger charge is -2.23. The molecule has 17 heavy (non-hydrogen) atoms. The van der Waals surface area contributed by atoms with Gasteiger partial charge in [0.25, 0.3) is 5.91 Å². The molecule has 1 aromatic rings. The highest BCUT2D eigenvalue weighted by Gasteiger charge is 2.29. The van der Waals surface area contributed by atoms with E-state index in [4.69, 9.17) is 17.5 Å². The first-order valence-electron chi connectivity index (χ1n) is 5.60. The molecule has 1 fully saturated rings. The van der Waals surface area contributed by atoms with E-state index in [-0.39, 0.29) is 11.9 Å². The van der Waals surface area contributed by atoms with Crippen LogP contribution in [0.2, 0.25) is 5.02 Å². The smallest absolute Gasteiger partial charge is 0.254 e. The molecule has 4 nitrogen and oxygen atoms in total. The molecule has 0 aromatic heterocycles. The van der Waals surface area contributed by atoms with Gasteiger partial charge >= 0.3 is 0 Å². The van der Waals surface area contributed by atoms with Crippen molar-refractivity contribution in [2.75, 3.05) is 13.2 Å². The quantitative estimate of drug-likeness (QED) is 0.838. The molecule has 1 aromatic carbocycles. The Hall–Kier alpha value is -1.10. The summed E-state index contributed by atoms with van der Waals surface area (Å²) in [6, 6.07) is 7.01. The number of amides is 1. The van der Waals surface area contributed by atoms with Gasteiger partial charge in [-0.25, -0.2) is 5.90 Å². The summed E-state index contributed by atoms with van der Waals surface area (Å²) < 4.78 is 0. The van der Waals surface area contributed by atoms with Gasteiger partial charge in [0.2, 0.25) is 0 Å². The number of likely N-dealkylation sites (tertiary alicyclic amines) is 1. The number of halogens is 1. The van der Waals surface area contributed by atoms with Crippen LogP contribution in [0.1, 0.15) is 23.2 Å². The zero-order valence-electron chi connectivity index (χ0n) is 9.43. The van der Waals surface area contributed by atoms with Gasteiger partial charge in [-0.3, -0.25) is 4.79 Å². The zero-order valence-corrected chi connectivity index (χ0v) is 10.2. The Balaban J connectivity index is 2.11. The largest absolute Gasteiger partial charge is 0.333 e. The van der Waals surface area contributed by atoms with Gasteiger partial charge in [-0.1, -0.05) is 11.6 Å². The van der Waals surface area contributed by atoms with E-state index in [0.717, 1.165) is 19.4 Å². The van der Waals surface area contributed by atoms with Crippen LogP contribution >= 0.6 is 11.6 Å². The topological polar surface area (TPSA) is 55.6 Å². The molecule has 1 heterocycles. The molecular weight excluding hydrogens is 240 g/mol. The minimum absolute atomic E-state index is 0.0150. The molecule has 1 aliphatic rings. The van der Waals surface area contributed by atoms with Gasteiger partial charge < -0.3 is 9.74 Å². The minimum Gasteiger partial charge on any atom is -0.333 e. The van der Waals surface area contributed by atoms with Gasteiger partial charge in [0, 0.05) is 17.1 Å². The van der Waals surface area contributed by atoms with Crippen LogP contribution in [0.4, 0.5) is 0 Å². The molecule has 1 unspecified atom stereocenters. The number of nitrogens with zero attached hydrogens (tertiary/aromatic N) is 1. The van der Waals surface area contributed by atoms with Gasteiger partial charge in [0.15, 0.2) is 0 Å². The summed E-state index contributed by atoms with van der Waals surface area (Å²) in [6.45, 7) is 1.15. The number of hydrogen-bond donors (Lipinski definition) is 1. The molecule has 92 valence electrons. The van der Waals surface area contributed by atoms with Crippen molar-refractivity contribution in [3.05, 3.63) is 34.9 Å². The number of carbonyl (C=O) groups is 1. The van der Waals surface area contributed by atoms with Gasteiger partial charge in [-0.05, 0) is 37.1 Å². The monoisotopic (exact) mass is 254 g/mol. The van der Waals surface area contributed by atoms with E-state index in [2.05, 4.69) is 4.84 Å². The number of nitrogens with two attached hydrogens (primary N) is 1. The van der Waals surface area contributed by atoms with E-state index in [1.54, 1.807) is 24.3 Å². The molecule has 2 rings (SSSR count). The molecular formula is C12H15ClN2O2. The Morgan fingerprint density at radius 3 is 2.82 bits per heavy atom. The number of rotatable bonds is 3. The van der Waals surface area contributed by atoms with Crippen molar-refractivity contribution in [2.24, 2.45) is 5.90 Å². The molecule has 0 bridgehead atoms. The lowest BCUT2D eigenvalue weighted by atomic mass is 10.2. The van der Waals surface area contributed by atoms with Crippen LogP contribution in [-0.4, -0.2) is 30.0 Å². The van der Waals surface area contributed by atoms with Crippen LogP contribution < -0.4 is 5.90 Å². The Morgan fingerprint density at radius 1 is 1.47 bits per heavy atom. The van der Waals surface area contributed by atoms with Crippen molar-refractivity contribution < 1.29 is 9.63 Å². The average Bonchev–Trinajstić information content (AvgIpc) is 2.78. The third-order valence-corrected chi connectivity index (χ3v) is 3.27. The number of hydrogen-bond acceptors (Lipinski definition) is 3. The fourth-order valence-electron chi connectivity index (χ4n) is 2.15. The molecule has 1 atom stereocenters. The second-order valence-electron chi connectivity index (χ2n) is 4.13.